The van der Waals surface area contributed by atoms with Crippen molar-refractivity contribution < 1.29 is 14.3 Å². The topological polar surface area (TPSA) is 71.4 Å². The number of benzene rings is 3. The maximum absolute atomic E-state index is 12.7. The van der Waals surface area contributed by atoms with Crippen molar-refractivity contribution in [3.05, 3.63) is 106 Å². The fraction of sp³-hybridized carbons (Fsp3) is 0.111. The van der Waals surface area contributed by atoms with E-state index in [0.717, 1.165) is 11.1 Å². The number of amides is 1. The number of carbonyl (C=O) groups is 1. The van der Waals surface area contributed by atoms with Crippen LogP contribution in [-0.2, 0) is 17.8 Å². The number of nitrogens with zero attached hydrogens (tertiary/aromatic N) is 1. The van der Waals surface area contributed by atoms with E-state index in [4.69, 9.17) is 32.7 Å². The quantitative estimate of drug-likeness (QED) is 0.201. The lowest BCUT2D eigenvalue weighted by Gasteiger charge is -2.16. The molecule has 7 heteroatoms. The van der Waals surface area contributed by atoms with Crippen LogP contribution < -0.4 is 14.8 Å². The lowest BCUT2D eigenvalue weighted by molar-refractivity contribution is -0.112. The summed E-state index contributed by atoms with van der Waals surface area (Å²) >= 11 is 12.1. The summed E-state index contributed by atoms with van der Waals surface area (Å²) in [5, 5.41) is 12.7. The first-order valence-corrected chi connectivity index (χ1v) is 11.1. The van der Waals surface area contributed by atoms with Gasteiger partial charge in [-0.15, -0.1) is 6.58 Å². The average Bonchev–Trinajstić information content (AvgIpc) is 2.85. The number of nitriles is 1. The largest absolute Gasteiger partial charge is 0.493 e. The Labute approximate surface area is 208 Å². The number of halogens is 2. The van der Waals surface area contributed by atoms with Crippen LogP contribution in [0.5, 0.6) is 11.5 Å². The zero-order chi connectivity index (χ0) is 24.5. The van der Waals surface area contributed by atoms with Crippen molar-refractivity contribution in [3.63, 3.8) is 0 Å². The standard InChI is InChI=1S/C27H22Cl2N2O3/c1-3-8-20-13-19(15-24(33-2)26(20)34-17-18-9-5-4-6-10-18)14-21(16-30)27(32)31-23-12-7-11-22(28)25(23)29/h3-7,9-15H,1,8,17H2,2H3,(H,31,32)/b21-14-. The van der Waals surface area contributed by atoms with E-state index in [1.807, 2.05) is 42.5 Å². The molecule has 0 radical (unpaired) electrons. The van der Waals surface area contributed by atoms with Crippen molar-refractivity contribution in [1.82, 2.24) is 0 Å². The Morgan fingerprint density at radius 2 is 1.91 bits per heavy atom. The lowest BCUT2D eigenvalue weighted by Crippen LogP contribution is -2.13. The summed E-state index contributed by atoms with van der Waals surface area (Å²) in [4.78, 5) is 12.7. The smallest absolute Gasteiger partial charge is 0.266 e. The Kier molecular flexibility index (Phi) is 8.75. The van der Waals surface area contributed by atoms with Gasteiger partial charge in [-0.1, -0.05) is 65.7 Å². The zero-order valence-electron chi connectivity index (χ0n) is 18.5. The molecule has 0 saturated heterocycles. The van der Waals surface area contributed by atoms with Gasteiger partial charge in [0.25, 0.3) is 5.91 Å². The molecule has 3 aromatic rings. The van der Waals surface area contributed by atoms with Crippen molar-refractivity contribution in [2.45, 2.75) is 13.0 Å². The monoisotopic (exact) mass is 492 g/mol. The van der Waals surface area contributed by atoms with E-state index < -0.39 is 5.91 Å². The first-order valence-electron chi connectivity index (χ1n) is 10.3. The van der Waals surface area contributed by atoms with Gasteiger partial charge in [0.15, 0.2) is 11.5 Å². The summed E-state index contributed by atoms with van der Waals surface area (Å²) in [5.74, 6) is 0.453. The van der Waals surface area contributed by atoms with Gasteiger partial charge in [0.2, 0.25) is 0 Å². The van der Waals surface area contributed by atoms with Gasteiger partial charge >= 0.3 is 0 Å². The summed E-state index contributed by atoms with van der Waals surface area (Å²) < 4.78 is 11.6. The van der Waals surface area contributed by atoms with E-state index in [0.29, 0.717) is 40.8 Å². The summed E-state index contributed by atoms with van der Waals surface area (Å²) in [6.45, 7) is 4.18. The predicted octanol–water partition coefficient (Wildman–Crippen LogP) is 6.86. The van der Waals surface area contributed by atoms with Crippen LogP contribution >= 0.6 is 23.2 Å². The summed E-state index contributed by atoms with van der Waals surface area (Å²) in [6.07, 6.45) is 3.73. The van der Waals surface area contributed by atoms with Crippen LogP contribution in [0.4, 0.5) is 5.69 Å². The molecule has 172 valence electrons. The van der Waals surface area contributed by atoms with Crippen LogP contribution in [0.3, 0.4) is 0 Å². The maximum atomic E-state index is 12.7. The van der Waals surface area contributed by atoms with Crippen LogP contribution in [0.15, 0.2) is 78.9 Å². The molecule has 1 N–H and O–H groups in total. The third kappa shape index (κ3) is 6.20. The van der Waals surface area contributed by atoms with Gasteiger partial charge in [0.05, 0.1) is 22.8 Å². The first kappa shape index (κ1) is 24.9. The third-order valence-corrected chi connectivity index (χ3v) is 5.66. The molecule has 1 amide bonds. The highest BCUT2D eigenvalue weighted by molar-refractivity contribution is 6.44. The molecule has 34 heavy (non-hydrogen) atoms. The Hall–Kier alpha value is -3.72. The summed E-state index contributed by atoms with van der Waals surface area (Å²) in [7, 11) is 1.54. The van der Waals surface area contributed by atoms with E-state index in [-0.39, 0.29) is 10.6 Å². The number of anilines is 1. The van der Waals surface area contributed by atoms with E-state index in [1.165, 1.54) is 13.2 Å². The molecular formula is C27H22Cl2N2O3. The molecular weight excluding hydrogens is 471 g/mol. The van der Waals surface area contributed by atoms with Crippen molar-refractivity contribution in [2.24, 2.45) is 0 Å². The second-order valence-corrected chi connectivity index (χ2v) is 7.99. The van der Waals surface area contributed by atoms with Gasteiger partial charge in [-0.3, -0.25) is 4.79 Å². The highest BCUT2D eigenvalue weighted by atomic mass is 35.5. The van der Waals surface area contributed by atoms with Crippen LogP contribution in [0.25, 0.3) is 6.08 Å². The number of methoxy groups -OCH3 is 1. The van der Waals surface area contributed by atoms with Crippen molar-refractivity contribution in [3.8, 4) is 17.6 Å². The molecule has 0 aliphatic carbocycles. The van der Waals surface area contributed by atoms with Crippen LogP contribution in [-0.4, -0.2) is 13.0 Å². The minimum absolute atomic E-state index is 0.111. The van der Waals surface area contributed by atoms with E-state index in [1.54, 1.807) is 30.3 Å². The minimum atomic E-state index is -0.611. The Morgan fingerprint density at radius 1 is 1.15 bits per heavy atom. The predicted molar refractivity (Wildman–Crippen MR) is 136 cm³/mol. The van der Waals surface area contributed by atoms with Gasteiger partial charge in [-0.2, -0.15) is 5.26 Å². The number of hydrogen-bond donors (Lipinski definition) is 1. The molecule has 0 aliphatic heterocycles. The fourth-order valence-electron chi connectivity index (χ4n) is 3.22. The third-order valence-electron chi connectivity index (χ3n) is 4.84. The molecule has 0 saturated carbocycles. The highest BCUT2D eigenvalue weighted by Crippen LogP contribution is 2.35. The number of ether oxygens (including phenoxy) is 2. The molecule has 0 bridgehead atoms. The SMILES string of the molecule is C=CCc1cc(/C=C(/C#N)C(=O)Nc2cccc(Cl)c2Cl)cc(OC)c1OCc1ccccc1. The summed E-state index contributed by atoms with van der Waals surface area (Å²) in [6, 6.07) is 20.1. The molecule has 0 atom stereocenters. The molecule has 5 nitrogen and oxygen atoms in total. The number of carbonyl (C=O) groups excluding carboxylic acids is 1. The van der Waals surface area contributed by atoms with Gasteiger partial charge < -0.3 is 14.8 Å². The number of nitrogens with one attached hydrogen (secondary N) is 1. The van der Waals surface area contributed by atoms with Gasteiger partial charge in [0, 0.05) is 5.56 Å². The van der Waals surface area contributed by atoms with E-state index in [9.17, 15) is 10.1 Å². The Balaban J connectivity index is 1.91. The number of allylic oxidation sites excluding steroid dienone is 1. The number of rotatable bonds is 9. The molecule has 0 unspecified atom stereocenters. The van der Waals surface area contributed by atoms with Crippen LogP contribution in [0, 0.1) is 11.3 Å². The molecule has 3 rings (SSSR count). The molecule has 0 fully saturated rings. The minimum Gasteiger partial charge on any atom is -0.493 e. The van der Waals surface area contributed by atoms with Crippen LogP contribution in [0.2, 0.25) is 10.0 Å². The van der Waals surface area contributed by atoms with Gasteiger partial charge in [-0.05, 0) is 47.9 Å². The second kappa shape index (κ2) is 11.9. The summed E-state index contributed by atoms with van der Waals surface area (Å²) in [5.41, 5.74) is 2.63. The van der Waals surface area contributed by atoms with Crippen molar-refractivity contribution >= 4 is 40.9 Å². The molecule has 0 aromatic heterocycles. The zero-order valence-corrected chi connectivity index (χ0v) is 20.0. The normalized spacial score (nSPS) is 10.8. The molecule has 3 aromatic carbocycles. The van der Waals surface area contributed by atoms with Crippen molar-refractivity contribution in [1.29, 1.82) is 5.26 Å². The first-order chi connectivity index (χ1) is 16.5. The maximum Gasteiger partial charge on any atom is 0.266 e. The molecule has 0 spiro atoms. The molecule has 0 heterocycles. The molecule has 0 aliphatic rings. The van der Waals surface area contributed by atoms with Gasteiger partial charge in [-0.25, -0.2) is 0 Å². The average molecular weight is 493 g/mol. The highest BCUT2D eigenvalue weighted by Gasteiger charge is 2.16. The van der Waals surface area contributed by atoms with Gasteiger partial charge in [0.1, 0.15) is 18.2 Å². The lowest BCUT2D eigenvalue weighted by atomic mass is 10.0. The number of hydrogen-bond acceptors (Lipinski definition) is 4. The Morgan fingerprint density at radius 3 is 2.59 bits per heavy atom. The van der Waals surface area contributed by atoms with E-state index in [2.05, 4.69) is 11.9 Å². The van der Waals surface area contributed by atoms with Crippen molar-refractivity contribution in [2.75, 3.05) is 12.4 Å². The van der Waals surface area contributed by atoms with E-state index >= 15 is 0 Å². The van der Waals surface area contributed by atoms with Crippen LogP contribution in [0.1, 0.15) is 16.7 Å². The fourth-order valence-corrected chi connectivity index (χ4v) is 3.57. The Bertz CT molecular complexity index is 1260. The second-order valence-electron chi connectivity index (χ2n) is 7.20.